The van der Waals surface area contributed by atoms with Crippen molar-refractivity contribution < 1.29 is 13.2 Å². The Morgan fingerprint density at radius 3 is 2.44 bits per heavy atom. The van der Waals surface area contributed by atoms with Gasteiger partial charge >= 0.3 is 0 Å². The zero-order chi connectivity index (χ0) is 13.8. The molecule has 0 aliphatic rings. The second-order valence-electron chi connectivity index (χ2n) is 4.39. The highest BCUT2D eigenvalue weighted by Gasteiger charge is 2.06. The van der Waals surface area contributed by atoms with Crippen LogP contribution in [-0.2, 0) is 16.4 Å². The number of aryl methyl sites for hydroxylation is 2. The standard InChI is InChI=1S/C13H21NO3S/c1-5-17-13-9-10(2)12(8-11(13)3)6-7-14-18(4,15)16/h8-9,14H,5-7H2,1-4H3. The highest BCUT2D eigenvalue weighted by Crippen LogP contribution is 2.23. The Morgan fingerprint density at radius 2 is 1.89 bits per heavy atom. The third-order valence-electron chi connectivity index (χ3n) is 2.69. The van der Waals surface area contributed by atoms with Gasteiger partial charge < -0.3 is 4.74 Å². The Hall–Kier alpha value is -1.07. The van der Waals surface area contributed by atoms with Crippen LogP contribution in [0, 0.1) is 13.8 Å². The van der Waals surface area contributed by atoms with Crippen molar-refractivity contribution in [3.05, 3.63) is 28.8 Å². The van der Waals surface area contributed by atoms with Crippen molar-refractivity contribution in [1.82, 2.24) is 4.72 Å². The van der Waals surface area contributed by atoms with Gasteiger partial charge in [-0.05, 0) is 49.9 Å². The number of hydrogen-bond acceptors (Lipinski definition) is 3. The summed E-state index contributed by atoms with van der Waals surface area (Å²) in [5.74, 6) is 0.898. The summed E-state index contributed by atoms with van der Waals surface area (Å²) < 4.78 is 30.0. The van der Waals surface area contributed by atoms with Crippen molar-refractivity contribution in [2.24, 2.45) is 0 Å². The van der Waals surface area contributed by atoms with E-state index in [9.17, 15) is 8.42 Å². The lowest BCUT2D eigenvalue weighted by Crippen LogP contribution is -2.24. The zero-order valence-electron chi connectivity index (χ0n) is 11.4. The van der Waals surface area contributed by atoms with Crippen molar-refractivity contribution in [2.45, 2.75) is 27.2 Å². The molecule has 0 atom stereocenters. The predicted octanol–water partition coefficient (Wildman–Crippen LogP) is 1.79. The summed E-state index contributed by atoms with van der Waals surface area (Å²) in [7, 11) is -3.11. The number of benzene rings is 1. The molecule has 0 aromatic heterocycles. The molecular formula is C13H21NO3S. The van der Waals surface area contributed by atoms with Crippen LogP contribution in [0.1, 0.15) is 23.6 Å². The van der Waals surface area contributed by atoms with Crippen molar-refractivity contribution in [3.8, 4) is 5.75 Å². The first-order valence-corrected chi connectivity index (χ1v) is 7.90. The monoisotopic (exact) mass is 271 g/mol. The van der Waals surface area contributed by atoms with Gasteiger partial charge in [0, 0.05) is 6.54 Å². The van der Waals surface area contributed by atoms with Gasteiger partial charge in [0.05, 0.1) is 12.9 Å². The molecule has 0 aliphatic heterocycles. The van der Waals surface area contributed by atoms with Gasteiger partial charge in [-0.1, -0.05) is 6.07 Å². The maximum absolute atomic E-state index is 11.0. The molecule has 18 heavy (non-hydrogen) atoms. The van der Waals surface area contributed by atoms with Gasteiger partial charge in [0.1, 0.15) is 5.75 Å². The molecule has 0 unspecified atom stereocenters. The molecule has 4 nitrogen and oxygen atoms in total. The van der Waals surface area contributed by atoms with E-state index >= 15 is 0 Å². The van der Waals surface area contributed by atoms with E-state index in [4.69, 9.17) is 4.74 Å². The van der Waals surface area contributed by atoms with Crippen molar-refractivity contribution in [2.75, 3.05) is 19.4 Å². The van der Waals surface area contributed by atoms with Crippen LogP contribution in [0.3, 0.4) is 0 Å². The molecule has 0 saturated carbocycles. The maximum Gasteiger partial charge on any atom is 0.208 e. The Kier molecular flexibility index (Phi) is 5.16. The average Bonchev–Trinajstić information content (AvgIpc) is 2.23. The number of hydrogen-bond donors (Lipinski definition) is 1. The summed E-state index contributed by atoms with van der Waals surface area (Å²) in [5.41, 5.74) is 3.35. The molecule has 102 valence electrons. The topological polar surface area (TPSA) is 55.4 Å². The number of rotatable bonds is 6. The molecule has 0 amide bonds. The van der Waals surface area contributed by atoms with Gasteiger partial charge in [-0.25, -0.2) is 13.1 Å². The van der Waals surface area contributed by atoms with Crippen LogP contribution in [-0.4, -0.2) is 27.8 Å². The minimum absolute atomic E-state index is 0.424. The molecule has 1 rings (SSSR count). The number of nitrogens with one attached hydrogen (secondary N) is 1. The molecule has 0 aliphatic carbocycles. The van der Waals surface area contributed by atoms with Crippen LogP contribution in [0.4, 0.5) is 0 Å². The number of ether oxygens (including phenoxy) is 1. The first-order chi connectivity index (χ1) is 8.33. The van der Waals surface area contributed by atoms with Crippen LogP contribution >= 0.6 is 0 Å². The van der Waals surface area contributed by atoms with E-state index in [0.717, 1.165) is 22.4 Å². The second-order valence-corrected chi connectivity index (χ2v) is 6.23. The molecule has 0 bridgehead atoms. The third kappa shape index (κ3) is 4.66. The van der Waals surface area contributed by atoms with Crippen molar-refractivity contribution in [1.29, 1.82) is 0 Å². The maximum atomic E-state index is 11.0. The summed E-state index contributed by atoms with van der Waals surface area (Å²) >= 11 is 0. The average molecular weight is 271 g/mol. The largest absolute Gasteiger partial charge is 0.494 e. The number of sulfonamides is 1. The summed E-state index contributed by atoms with van der Waals surface area (Å²) in [4.78, 5) is 0. The molecule has 0 fully saturated rings. The minimum Gasteiger partial charge on any atom is -0.494 e. The molecule has 1 aromatic rings. The smallest absolute Gasteiger partial charge is 0.208 e. The van der Waals surface area contributed by atoms with Gasteiger partial charge in [0.2, 0.25) is 10.0 Å². The van der Waals surface area contributed by atoms with E-state index in [-0.39, 0.29) is 0 Å². The van der Waals surface area contributed by atoms with Gasteiger partial charge in [0.15, 0.2) is 0 Å². The first kappa shape index (κ1) is 15.0. The first-order valence-electron chi connectivity index (χ1n) is 6.01. The fourth-order valence-corrected chi connectivity index (χ4v) is 2.27. The van der Waals surface area contributed by atoms with Gasteiger partial charge in [-0.3, -0.25) is 0 Å². The highest BCUT2D eigenvalue weighted by atomic mass is 32.2. The van der Waals surface area contributed by atoms with Gasteiger partial charge in [0.25, 0.3) is 0 Å². The predicted molar refractivity (Wildman–Crippen MR) is 73.6 cm³/mol. The van der Waals surface area contributed by atoms with E-state index in [1.165, 1.54) is 6.26 Å². The lowest BCUT2D eigenvalue weighted by Gasteiger charge is -2.12. The fourth-order valence-electron chi connectivity index (χ4n) is 1.80. The van der Waals surface area contributed by atoms with Gasteiger partial charge in [-0.2, -0.15) is 0 Å². The van der Waals surface area contributed by atoms with Crippen LogP contribution in [0.2, 0.25) is 0 Å². The van der Waals surface area contributed by atoms with Gasteiger partial charge in [-0.15, -0.1) is 0 Å². The van der Waals surface area contributed by atoms with E-state index < -0.39 is 10.0 Å². The molecule has 1 N–H and O–H groups in total. The van der Waals surface area contributed by atoms with Crippen LogP contribution in [0.15, 0.2) is 12.1 Å². The SMILES string of the molecule is CCOc1cc(C)c(CCNS(C)(=O)=O)cc1C. The summed E-state index contributed by atoms with van der Waals surface area (Å²) in [6, 6.07) is 4.07. The Labute approximate surface area is 109 Å². The van der Waals surface area contributed by atoms with Crippen molar-refractivity contribution in [3.63, 3.8) is 0 Å². The van der Waals surface area contributed by atoms with Crippen LogP contribution in [0.5, 0.6) is 5.75 Å². The highest BCUT2D eigenvalue weighted by molar-refractivity contribution is 7.88. The summed E-state index contributed by atoms with van der Waals surface area (Å²) in [6.45, 7) is 7.04. The van der Waals surface area contributed by atoms with Crippen LogP contribution in [0.25, 0.3) is 0 Å². The molecule has 1 aromatic carbocycles. The zero-order valence-corrected chi connectivity index (χ0v) is 12.2. The molecule has 5 heteroatoms. The van der Waals surface area contributed by atoms with E-state index in [0.29, 0.717) is 19.6 Å². The Balaban J connectivity index is 2.75. The van der Waals surface area contributed by atoms with E-state index in [1.807, 2.05) is 26.8 Å². The molecular weight excluding hydrogens is 250 g/mol. The Bertz CT molecular complexity index is 509. The second kappa shape index (κ2) is 6.20. The lowest BCUT2D eigenvalue weighted by molar-refractivity contribution is 0.337. The quantitative estimate of drug-likeness (QED) is 0.858. The fraction of sp³-hybridized carbons (Fsp3) is 0.538. The molecule has 0 radical (unpaired) electrons. The lowest BCUT2D eigenvalue weighted by atomic mass is 10.0. The normalized spacial score (nSPS) is 11.6. The van der Waals surface area contributed by atoms with Crippen molar-refractivity contribution >= 4 is 10.0 Å². The molecule has 0 heterocycles. The van der Waals surface area contributed by atoms with Crippen LogP contribution < -0.4 is 9.46 Å². The van der Waals surface area contributed by atoms with E-state index in [1.54, 1.807) is 0 Å². The Morgan fingerprint density at radius 1 is 1.22 bits per heavy atom. The third-order valence-corrected chi connectivity index (χ3v) is 3.42. The summed E-state index contributed by atoms with van der Waals surface area (Å²) in [5, 5.41) is 0. The molecule has 0 spiro atoms. The minimum atomic E-state index is -3.11. The molecule has 0 saturated heterocycles. The van der Waals surface area contributed by atoms with E-state index in [2.05, 4.69) is 10.8 Å². The summed E-state index contributed by atoms with van der Waals surface area (Å²) in [6.07, 6.45) is 1.86.